The first-order valence-corrected chi connectivity index (χ1v) is 7.67. The van der Waals surface area contributed by atoms with Gasteiger partial charge in [0, 0.05) is 37.8 Å². The number of imide groups is 1. The van der Waals surface area contributed by atoms with Gasteiger partial charge in [0.15, 0.2) is 0 Å². The number of benzene rings is 1. The van der Waals surface area contributed by atoms with Gasteiger partial charge in [0.25, 0.3) is 17.7 Å². The Hall–Kier alpha value is -2.47. The molecular weight excluding hydrogens is 294 g/mol. The molecule has 1 aromatic rings. The lowest BCUT2D eigenvalue weighted by Gasteiger charge is -2.34. The molecule has 3 amide bonds. The van der Waals surface area contributed by atoms with Crippen molar-refractivity contribution >= 4 is 17.7 Å². The Kier molecular flexibility index (Phi) is 4.00. The van der Waals surface area contributed by atoms with E-state index >= 15 is 0 Å². The van der Waals surface area contributed by atoms with Crippen molar-refractivity contribution in [3.05, 3.63) is 47.5 Å². The first-order valence-electron chi connectivity index (χ1n) is 7.67. The largest absolute Gasteiger partial charge is 0.333 e. The fourth-order valence-corrected chi connectivity index (χ4v) is 3.03. The van der Waals surface area contributed by atoms with Crippen molar-refractivity contribution in [1.29, 1.82) is 0 Å². The van der Waals surface area contributed by atoms with Crippen LogP contribution in [0, 0.1) is 0 Å². The van der Waals surface area contributed by atoms with E-state index in [0.29, 0.717) is 23.2 Å². The van der Waals surface area contributed by atoms with Gasteiger partial charge in [0.05, 0.1) is 11.1 Å². The van der Waals surface area contributed by atoms with E-state index in [1.165, 1.54) is 12.1 Å². The van der Waals surface area contributed by atoms with Crippen molar-refractivity contribution in [2.24, 2.45) is 0 Å². The zero-order valence-corrected chi connectivity index (χ0v) is 13.0. The number of fused-ring (bicyclic) bond motifs is 1. The minimum atomic E-state index is -0.368. The van der Waals surface area contributed by atoms with Crippen LogP contribution in [0.3, 0.4) is 0 Å². The first kappa shape index (κ1) is 15.4. The second kappa shape index (κ2) is 5.96. The summed E-state index contributed by atoms with van der Waals surface area (Å²) in [6, 6.07) is 4.83. The summed E-state index contributed by atoms with van der Waals surface area (Å²) in [4.78, 5) is 40.1. The van der Waals surface area contributed by atoms with E-state index in [-0.39, 0.29) is 30.3 Å². The summed E-state index contributed by atoms with van der Waals surface area (Å²) in [6.07, 6.45) is 1.51. The maximum absolute atomic E-state index is 12.7. The maximum Gasteiger partial charge on any atom is 0.261 e. The van der Waals surface area contributed by atoms with Crippen molar-refractivity contribution < 1.29 is 14.4 Å². The number of amides is 3. The molecule has 23 heavy (non-hydrogen) atoms. The molecule has 1 atom stereocenters. The molecule has 120 valence electrons. The van der Waals surface area contributed by atoms with Gasteiger partial charge in [0.1, 0.15) is 0 Å². The number of piperazine rings is 1. The molecule has 0 aromatic heterocycles. The first-order chi connectivity index (χ1) is 11.0. The number of hydrogen-bond acceptors (Lipinski definition) is 4. The Bertz CT molecular complexity index is 698. The van der Waals surface area contributed by atoms with Gasteiger partial charge in [0.2, 0.25) is 0 Å². The van der Waals surface area contributed by atoms with Crippen LogP contribution in [-0.2, 0) is 0 Å². The number of hydrogen-bond donors (Lipinski definition) is 1. The summed E-state index contributed by atoms with van der Waals surface area (Å²) < 4.78 is 0. The highest BCUT2D eigenvalue weighted by Gasteiger charge is 2.35. The predicted octanol–water partition coefficient (Wildman–Crippen LogP) is 0.902. The Balaban J connectivity index is 1.90. The van der Waals surface area contributed by atoms with Crippen molar-refractivity contribution in [1.82, 2.24) is 15.1 Å². The van der Waals surface area contributed by atoms with Crippen LogP contribution in [-0.4, -0.2) is 59.7 Å². The van der Waals surface area contributed by atoms with E-state index in [4.69, 9.17) is 0 Å². The third-order valence-electron chi connectivity index (χ3n) is 4.29. The number of rotatable bonds is 3. The molecule has 6 nitrogen and oxygen atoms in total. The van der Waals surface area contributed by atoms with Gasteiger partial charge >= 0.3 is 0 Å². The molecule has 2 heterocycles. The second-order valence-corrected chi connectivity index (χ2v) is 5.82. The molecule has 0 unspecified atom stereocenters. The molecule has 1 N–H and O–H groups in total. The molecule has 0 saturated carbocycles. The van der Waals surface area contributed by atoms with E-state index < -0.39 is 0 Å². The fraction of sp³-hybridized carbons (Fsp3) is 0.353. The number of carbonyl (C=O) groups is 3. The Labute approximate surface area is 134 Å². The van der Waals surface area contributed by atoms with Crippen molar-refractivity contribution in [2.45, 2.75) is 13.0 Å². The highest BCUT2D eigenvalue weighted by Crippen LogP contribution is 2.24. The quantitative estimate of drug-likeness (QED) is 0.665. The molecule has 1 aromatic carbocycles. The Morgan fingerprint density at radius 2 is 2.09 bits per heavy atom. The molecule has 6 heteroatoms. The van der Waals surface area contributed by atoms with Crippen LogP contribution in [0.5, 0.6) is 0 Å². The SMILES string of the molecule is C=CCN1C(=O)c2ccc(C(=O)N3CCNC[C@H]3C)cc2C1=O. The lowest BCUT2D eigenvalue weighted by atomic mass is 10.0. The monoisotopic (exact) mass is 313 g/mol. The third-order valence-corrected chi connectivity index (χ3v) is 4.29. The maximum atomic E-state index is 12.7. The smallest absolute Gasteiger partial charge is 0.261 e. The third kappa shape index (κ3) is 2.55. The predicted molar refractivity (Wildman–Crippen MR) is 85.4 cm³/mol. The van der Waals surface area contributed by atoms with Gasteiger partial charge in [-0.15, -0.1) is 6.58 Å². The summed E-state index contributed by atoms with van der Waals surface area (Å²) in [7, 11) is 0. The molecule has 0 spiro atoms. The van der Waals surface area contributed by atoms with E-state index in [1.54, 1.807) is 17.0 Å². The van der Waals surface area contributed by atoms with Crippen LogP contribution in [0.15, 0.2) is 30.9 Å². The van der Waals surface area contributed by atoms with Gasteiger partial charge in [-0.1, -0.05) is 6.08 Å². The van der Waals surface area contributed by atoms with E-state index in [9.17, 15) is 14.4 Å². The van der Waals surface area contributed by atoms with Crippen LogP contribution in [0.25, 0.3) is 0 Å². The summed E-state index contributed by atoms with van der Waals surface area (Å²) in [5.41, 5.74) is 1.09. The van der Waals surface area contributed by atoms with Crippen LogP contribution in [0.4, 0.5) is 0 Å². The van der Waals surface area contributed by atoms with Gasteiger partial charge < -0.3 is 10.2 Å². The second-order valence-electron chi connectivity index (χ2n) is 5.82. The molecule has 0 aliphatic carbocycles. The van der Waals surface area contributed by atoms with Gasteiger partial charge in [-0.2, -0.15) is 0 Å². The van der Waals surface area contributed by atoms with Crippen LogP contribution < -0.4 is 5.32 Å². The molecule has 0 bridgehead atoms. The molecule has 3 rings (SSSR count). The average Bonchev–Trinajstić information content (AvgIpc) is 2.80. The average molecular weight is 313 g/mol. The molecule has 0 radical (unpaired) electrons. The summed E-state index contributed by atoms with van der Waals surface area (Å²) >= 11 is 0. The zero-order valence-electron chi connectivity index (χ0n) is 13.0. The number of nitrogens with zero attached hydrogens (tertiary/aromatic N) is 2. The Morgan fingerprint density at radius 3 is 2.78 bits per heavy atom. The van der Waals surface area contributed by atoms with E-state index in [1.807, 2.05) is 6.92 Å². The minimum absolute atomic E-state index is 0.0964. The molecule has 1 saturated heterocycles. The topological polar surface area (TPSA) is 69.7 Å². The fourth-order valence-electron chi connectivity index (χ4n) is 3.03. The normalized spacial score (nSPS) is 20.7. The summed E-state index contributed by atoms with van der Waals surface area (Å²) in [5.74, 6) is -0.809. The number of carbonyl (C=O) groups excluding carboxylic acids is 3. The minimum Gasteiger partial charge on any atom is -0.333 e. The van der Waals surface area contributed by atoms with Crippen LogP contribution in [0.1, 0.15) is 38.0 Å². The van der Waals surface area contributed by atoms with Gasteiger partial charge in [-0.3, -0.25) is 19.3 Å². The lowest BCUT2D eigenvalue weighted by Crippen LogP contribution is -2.52. The van der Waals surface area contributed by atoms with Crippen molar-refractivity contribution in [2.75, 3.05) is 26.2 Å². The van der Waals surface area contributed by atoms with Crippen molar-refractivity contribution in [3.8, 4) is 0 Å². The van der Waals surface area contributed by atoms with E-state index in [0.717, 1.165) is 18.0 Å². The molecule has 1 fully saturated rings. The number of nitrogens with one attached hydrogen (secondary N) is 1. The standard InChI is InChI=1S/C17H19N3O3/c1-3-7-20-16(22)13-5-4-12(9-14(13)17(20)23)15(21)19-8-6-18-10-11(19)2/h3-5,9,11,18H,1,6-8,10H2,2H3/t11-/m1/s1. The van der Waals surface area contributed by atoms with Crippen LogP contribution >= 0.6 is 0 Å². The highest BCUT2D eigenvalue weighted by atomic mass is 16.2. The summed E-state index contributed by atoms with van der Waals surface area (Å²) in [5, 5.41) is 3.24. The molecular formula is C17H19N3O3. The summed E-state index contributed by atoms with van der Waals surface area (Å²) in [6.45, 7) is 7.85. The van der Waals surface area contributed by atoms with Gasteiger partial charge in [-0.05, 0) is 25.1 Å². The van der Waals surface area contributed by atoms with Crippen LogP contribution in [0.2, 0.25) is 0 Å². The Morgan fingerprint density at radius 1 is 1.35 bits per heavy atom. The van der Waals surface area contributed by atoms with E-state index in [2.05, 4.69) is 11.9 Å². The lowest BCUT2D eigenvalue weighted by molar-refractivity contribution is 0.0653. The van der Waals surface area contributed by atoms with Gasteiger partial charge in [-0.25, -0.2) is 0 Å². The zero-order chi connectivity index (χ0) is 16.6. The molecule has 2 aliphatic heterocycles. The van der Waals surface area contributed by atoms with Crippen molar-refractivity contribution in [3.63, 3.8) is 0 Å². The highest BCUT2D eigenvalue weighted by molar-refractivity contribution is 6.22. The molecule has 2 aliphatic rings.